The molecule has 1 aliphatic heterocycles. The third kappa shape index (κ3) is 3.46. The lowest BCUT2D eigenvalue weighted by Crippen LogP contribution is -2.29. The van der Waals surface area contributed by atoms with Crippen LogP contribution in [0.3, 0.4) is 0 Å². The van der Waals surface area contributed by atoms with Gasteiger partial charge in [0.25, 0.3) is 0 Å². The number of hydrogen-bond donors (Lipinski definition) is 1. The molecule has 3 nitrogen and oxygen atoms in total. The minimum atomic E-state index is -0.678. The second kappa shape index (κ2) is 5.80. The van der Waals surface area contributed by atoms with E-state index in [-0.39, 0.29) is 17.3 Å². The van der Waals surface area contributed by atoms with Gasteiger partial charge in [0.2, 0.25) is 0 Å². The van der Waals surface area contributed by atoms with E-state index in [1.54, 1.807) is 0 Å². The third-order valence-electron chi connectivity index (χ3n) is 4.60. The van der Waals surface area contributed by atoms with Gasteiger partial charge in [-0.3, -0.25) is 9.69 Å². The molecule has 21 heavy (non-hydrogen) atoms. The molecule has 0 aromatic heterocycles. The summed E-state index contributed by atoms with van der Waals surface area (Å²) in [4.78, 5) is 13.8. The molecule has 0 aliphatic carbocycles. The predicted octanol–water partition coefficient (Wildman–Crippen LogP) is 3.49. The van der Waals surface area contributed by atoms with E-state index in [9.17, 15) is 9.90 Å². The maximum atomic E-state index is 11.6. The van der Waals surface area contributed by atoms with Crippen molar-refractivity contribution >= 4 is 5.97 Å². The van der Waals surface area contributed by atoms with Gasteiger partial charge in [-0.15, -0.1) is 0 Å². The molecule has 1 aromatic rings. The van der Waals surface area contributed by atoms with Gasteiger partial charge in [-0.25, -0.2) is 0 Å². The molecule has 2 unspecified atom stereocenters. The zero-order valence-corrected chi connectivity index (χ0v) is 13.8. The SMILES string of the molecule is CC(C)N1CC(C(=O)O)C(c2ccc(C(C)(C)C)cc2)C1. The zero-order chi connectivity index (χ0) is 15.8. The summed E-state index contributed by atoms with van der Waals surface area (Å²) >= 11 is 0. The Morgan fingerprint density at radius 1 is 1.19 bits per heavy atom. The highest BCUT2D eigenvalue weighted by molar-refractivity contribution is 5.72. The molecule has 1 N–H and O–H groups in total. The predicted molar refractivity (Wildman–Crippen MR) is 85.7 cm³/mol. The maximum absolute atomic E-state index is 11.6. The molecule has 1 saturated heterocycles. The Labute approximate surface area is 128 Å². The molecular weight excluding hydrogens is 262 g/mol. The van der Waals surface area contributed by atoms with Gasteiger partial charge in [-0.1, -0.05) is 45.0 Å². The van der Waals surface area contributed by atoms with Crippen LogP contribution in [0.1, 0.15) is 51.7 Å². The number of carboxylic acids is 1. The number of rotatable bonds is 3. The van der Waals surface area contributed by atoms with Crippen LogP contribution in [0, 0.1) is 5.92 Å². The molecule has 1 aliphatic rings. The number of carbonyl (C=O) groups is 1. The Morgan fingerprint density at radius 3 is 2.19 bits per heavy atom. The van der Waals surface area contributed by atoms with Crippen molar-refractivity contribution in [1.29, 1.82) is 0 Å². The van der Waals surface area contributed by atoms with Crippen molar-refractivity contribution in [2.45, 2.75) is 52.0 Å². The van der Waals surface area contributed by atoms with Crippen LogP contribution >= 0.6 is 0 Å². The number of hydrogen-bond acceptors (Lipinski definition) is 2. The maximum Gasteiger partial charge on any atom is 0.308 e. The van der Waals surface area contributed by atoms with Gasteiger partial charge in [0.15, 0.2) is 0 Å². The topological polar surface area (TPSA) is 40.5 Å². The molecule has 0 saturated carbocycles. The number of carboxylic acid groups (broad SMARTS) is 1. The Hall–Kier alpha value is -1.35. The summed E-state index contributed by atoms with van der Waals surface area (Å²) in [5.41, 5.74) is 2.57. The second-order valence-corrected chi connectivity index (χ2v) is 7.47. The summed E-state index contributed by atoms with van der Waals surface area (Å²) in [5, 5.41) is 9.50. The van der Waals surface area contributed by atoms with Crippen LogP contribution in [0.2, 0.25) is 0 Å². The van der Waals surface area contributed by atoms with E-state index in [0.717, 1.165) is 12.1 Å². The van der Waals surface area contributed by atoms with Gasteiger partial charge in [0, 0.05) is 25.0 Å². The fourth-order valence-corrected chi connectivity index (χ4v) is 3.07. The van der Waals surface area contributed by atoms with Crippen molar-refractivity contribution in [2.75, 3.05) is 13.1 Å². The lowest BCUT2D eigenvalue weighted by Gasteiger charge is -2.22. The van der Waals surface area contributed by atoms with Crippen molar-refractivity contribution in [1.82, 2.24) is 4.90 Å². The summed E-state index contributed by atoms with van der Waals surface area (Å²) in [5.74, 6) is -0.880. The van der Waals surface area contributed by atoms with E-state index < -0.39 is 5.97 Å². The molecule has 1 heterocycles. The van der Waals surface area contributed by atoms with Gasteiger partial charge < -0.3 is 5.11 Å². The molecule has 0 amide bonds. The smallest absolute Gasteiger partial charge is 0.308 e. The number of nitrogens with zero attached hydrogens (tertiary/aromatic N) is 1. The van der Waals surface area contributed by atoms with E-state index >= 15 is 0 Å². The molecule has 0 spiro atoms. The van der Waals surface area contributed by atoms with E-state index in [1.165, 1.54) is 5.56 Å². The van der Waals surface area contributed by atoms with Crippen LogP contribution < -0.4 is 0 Å². The first kappa shape index (κ1) is 16.0. The van der Waals surface area contributed by atoms with Crippen molar-refractivity contribution in [3.63, 3.8) is 0 Å². The highest BCUT2D eigenvalue weighted by Crippen LogP contribution is 2.35. The van der Waals surface area contributed by atoms with Crippen molar-refractivity contribution in [3.8, 4) is 0 Å². The minimum absolute atomic E-state index is 0.0962. The van der Waals surface area contributed by atoms with Crippen molar-refractivity contribution < 1.29 is 9.90 Å². The quantitative estimate of drug-likeness (QED) is 0.926. The van der Waals surface area contributed by atoms with Crippen LogP contribution in [0.15, 0.2) is 24.3 Å². The molecule has 0 radical (unpaired) electrons. The minimum Gasteiger partial charge on any atom is -0.481 e. The van der Waals surface area contributed by atoms with Gasteiger partial charge in [0.05, 0.1) is 5.92 Å². The molecule has 1 fully saturated rings. The Kier molecular flexibility index (Phi) is 4.43. The highest BCUT2D eigenvalue weighted by Gasteiger charge is 2.39. The zero-order valence-electron chi connectivity index (χ0n) is 13.8. The summed E-state index contributed by atoms with van der Waals surface area (Å²) in [6.07, 6.45) is 0. The standard InChI is InChI=1S/C18H27NO2/c1-12(2)19-10-15(16(11-19)17(20)21)13-6-8-14(9-7-13)18(3,4)5/h6-9,12,15-16H,10-11H2,1-5H3,(H,20,21). The van der Waals surface area contributed by atoms with Crippen LogP contribution in [0.5, 0.6) is 0 Å². The molecule has 2 atom stereocenters. The normalized spacial score (nSPS) is 23.7. The summed E-state index contributed by atoms with van der Waals surface area (Å²) in [6, 6.07) is 8.92. The van der Waals surface area contributed by atoms with E-state index in [4.69, 9.17) is 0 Å². The van der Waals surface area contributed by atoms with Gasteiger partial charge in [0.1, 0.15) is 0 Å². The van der Waals surface area contributed by atoms with Crippen LogP contribution in [-0.4, -0.2) is 35.1 Å². The van der Waals surface area contributed by atoms with Crippen LogP contribution in [0.25, 0.3) is 0 Å². The summed E-state index contributed by atoms with van der Waals surface area (Å²) in [7, 11) is 0. The Morgan fingerprint density at radius 2 is 1.76 bits per heavy atom. The van der Waals surface area contributed by atoms with Crippen LogP contribution in [0.4, 0.5) is 0 Å². The average molecular weight is 289 g/mol. The molecule has 3 heteroatoms. The van der Waals surface area contributed by atoms with Crippen molar-refractivity contribution in [3.05, 3.63) is 35.4 Å². The molecular formula is C18H27NO2. The molecule has 1 aromatic carbocycles. The number of aliphatic carboxylic acids is 1. The third-order valence-corrected chi connectivity index (χ3v) is 4.60. The van der Waals surface area contributed by atoms with Gasteiger partial charge >= 0.3 is 5.97 Å². The van der Waals surface area contributed by atoms with Gasteiger partial charge in [-0.2, -0.15) is 0 Å². The molecule has 0 bridgehead atoms. The van der Waals surface area contributed by atoms with Crippen molar-refractivity contribution in [2.24, 2.45) is 5.92 Å². The Bertz CT molecular complexity index is 499. The highest BCUT2D eigenvalue weighted by atomic mass is 16.4. The molecule has 116 valence electrons. The first-order valence-corrected chi connectivity index (χ1v) is 7.77. The fourth-order valence-electron chi connectivity index (χ4n) is 3.07. The monoisotopic (exact) mass is 289 g/mol. The Balaban J connectivity index is 2.25. The number of likely N-dealkylation sites (tertiary alicyclic amines) is 1. The fraction of sp³-hybridized carbons (Fsp3) is 0.611. The lowest BCUT2D eigenvalue weighted by atomic mass is 9.83. The first-order chi connectivity index (χ1) is 9.70. The van der Waals surface area contributed by atoms with E-state index in [1.807, 2.05) is 0 Å². The summed E-state index contributed by atoms with van der Waals surface area (Å²) < 4.78 is 0. The lowest BCUT2D eigenvalue weighted by molar-refractivity contribution is -0.141. The summed E-state index contributed by atoms with van der Waals surface area (Å²) in [6.45, 7) is 12.3. The van der Waals surface area contributed by atoms with E-state index in [2.05, 4.69) is 63.8 Å². The van der Waals surface area contributed by atoms with Crippen LogP contribution in [-0.2, 0) is 10.2 Å². The second-order valence-electron chi connectivity index (χ2n) is 7.47. The molecule has 2 rings (SSSR count). The first-order valence-electron chi connectivity index (χ1n) is 7.77. The number of benzene rings is 1. The van der Waals surface area contributed by atoms with E-state index in [0.29, 0.717) is 12.6 Å². The van der Waals surface area contributed by atoms with Gasteiger partial charge in [-0.05, 0) is 30.4 Å². The average Bonchev–Trinajstić information content (AvgIpc) is 2.83. The largest absolute Gasteiger partial charge is 0.481 e.